The lowest BCUT2D eigenvalue weighted by atomic mass is 10.0. The van der Waals surface area contributed by atoms with Crippen LogP contribution in [0, 0.1) is 0 Å². The van der Waals surface area contributed by atoms with Crippen LogP contribution in [-0.2, 0) is 16.0 Å². The number of ether oxygens (including phenoxy) is 2. The number of rotatable bonds is 6. The molecule has 6 nitrogen and oxygen atoms in total. The van der Waals surface area contributed by atoms with E-state index in [1.807, 2.05) is 6.07 Å². The van der Waals surface area contributed by atoms with Crippen LogP contribution in [-0.4, -0.2) is 48.7 Å². The maximum Gasteiger partial charge on any atom is 0.230 e. The number of methoxy groups -OCH3 is 2. The number of hydrogen-bond donors (Lipinski definition) is 1. The van der Waals surface area contributed by atoms with Crippen LogP contribution in [0.1, 0.15) is 18.4 Å². The fourth-order valence-corrected chi connectivity index (χ4v) is 2.52. The van der Waals surface area contributed by atoms with E-state index in [4.69, 9.17) is 9.47 Å². The fraction of sp³-hybridized carbons (Fsp3) is 0.467. The number of aliphatic hydroxyl groups is 1. The third-order valence-electron chi connectivity index (χ3n) is 3.59. The summed E-state index contributed by atoms with van der Waals surface area (Å²) in [7, 11) is 3.09. The number of carbonyl (C=O) groups is 2. The molecule has 0 saturated carbocycles. The first kappa shape index (κ1) is 15.3. The highest BCUT2D eigenvalue weighted by molar-refractivity contribution is 6.02. The molecule has 1 fully saturated rings. The summed E-state index contributed by atoms with van der Waals surface area (Å²) < 4.78 is 10.4. The van der Waals surface area contributed by atoms with Crippen molar-refractivity contribution in [1.82, 2.24) is 4.90 Å². The van der Waals surface area contributed by atoms with Crippen molar-refractivity contribution in [3.8, 4) is 11.5 Å². The van der Waals surface area contributed by atoms with Crippen LogP contribution in [0.3, 0.4) is 0 Å². The zero-order valence-electron chi connectivity index (χ0n) is 12.2. The Morgan fingerprint density at radius 2 is 1.76 bits per heavy atom. The number of carbonyl (C=O) groups excluding carboxylic acids is 2. The molecule has 0 bridgehead atoms. The van der Waals surface area contributed by atoms with Crippen molar-refractivity contribution in [2.75, 3.05) is 20.8 Å². The smallest absolute Gasteiger partial charge is 0.230 e. The van der Waals surface area contributed by atoms with Gasteiger partial charge in [-0.05, 0) is 24.1 Å². The molecular formula is C15H19NO5. The Kier molecular flexibility index (Phi) is 4.80. The van der Waals surface area contributed by atoms with Gasteiger partial charge in [0.2, 0.25) is 11.8 Å². The number of likely N-dealkylation sites (tertiary alicyclic amines) is 1. The number of aliphatic hydroxyl groups excluding tert-OH is 1. The van der Waals surface area contributed by atoms with E-state index in [1.54, 1.807) is 26.4 Å². The molecule has 6 heteroatoms. The van der Waals surface area contributed by atoms with Gasteiger partial charge in [0.25, 0.3) is 0 Å². The molecule has 114 valence electrons. The van der Waals surface area contributed by atoms with E-state index in [2.05, 4.69) is 0 Å². The van der Waals surface area contributed by atoms with E-state index in [0.29, 0.717) is 17.9 Å². The predicted octanol–water partition coefficient (Wildman–Crippen LogP) is 0.756. The van der Waals surface area contributed by atoms with Crippen molar-refractivity contribution in [3.05, 3.63) is 23.8 Å². The Bertz CT molecular complexity index is 527. The molecule has 21 heavy (non-hydrogen) atoms. The number of nitrogens with zero attached hydrogens (tertiary/aromatic N) is 1. The van der Waals surface area contributed by atoms with Gasteiger partial charge in [-0.1, -0.05) is 6.07 Å². The summed E-state index contributed by atoms with van der Waals surface area (Å²) in [6.07, 6.45) is 0.830. The molecule has 0 spiro atoms. The maximum absolute atomic E-state index is 11.7. The highest BCUT2D eigenvalue weighted by Gasteiger charge is 2.34. The van der Waals surface area contributed by atoms with Gasteiger partial charge < -0.3 is 14.6 Å². The quantitative estimate of drug-likeness (QED) is 0.784. The molecule has 2 rings (SSSR count). The monoisotopic (exact) mass is 293 g/mol. The molecule has 1 aliphatic rings. The second-order valence-electron chi connectivity index (χ2n) is 4.89. The molecule has 0 aromatic heterocycles. The molecule has 2 amide bonds. The molecule has 1 aliphatic heterocycles. The molecule has 1 aromatic rings. The SMILES string of the molecule is COc1ccc(C[C@@H](CO)N2C(=O)CCC2=O)cc1OC. The lowest BCUT2D eigenvalue weighted by Crippen LogP contribution is -2.43. The molecule has 0 aliphatic carbocycles. The Labute approximate surface area is 123 Å². The first-order valence-electron chi connectivity index (χ1n) is 6.77. The fourth-order valence-electron chi connectivity index (χ4n) is 2.52. The minimum atomic E-state index is -0.536. The van der Waals surface area contributed by atoms with Gasteiger partial charge in [0.15, 0.2) is 11.5 Å². The van der Waals surface area contributed by atoms with Gasteiger partial charge in [0.1, 0.15) is 0 Å². The van der Waals surface area contributed by atoms with Gasteiger partial charge >= 0.3 is 0 Å². The zero-order chi connectivity index (χ0) is 15.4. The summed E-state index contributed by atoms with van der Waals surface area (Å²) in [5.74, 6) is 0.736. The summed E-state index contributed by atoms with van der Waals surface area (Å²) in [6, 6.07) is 4.84. The van der Waals surface area contributed by atoms with E-state index in [1.165, 1.54) is 4.90 Å². The summed E-state index contributed by atoms with van der Waals surface area (Å²) in [5, 5.41) is 9.51. The third kappa shape index (κ3) is 3.16. The highest BCUT2D eigenvalue weighted by Crippen LogP contribution is 2.28. The van der Waals surface area contributed by atoms with Gasteiger partial charge in [0.05, 0.1) is 26.9 Å². The topological polar surface area (TPSA) is 76.1 Å². The Balaban J connectivity index is 2.19. The second-order valence-corrected chi connectivity index (χ2v) is 4.89. The minimum Gasteiger partial charge on any atom is -0.493 e. The summed E-state index contributed by atoms with van der Waals surface area (Å²) >= 11 is 0. The van der Waals surface area contributed by atoms with E-state index >= 15 is 0 Å². The molecule has 1 aromatic carbocycles. The summed E-state index contributed by atoms with van der Waals surface area (Å²) in [6.45, 7) is -0.258. The third-order valence-corrected chi connectivity index (χ3v) is 3.59. The Morgan fingerprint density at radius 3 is 2.29 bits per heavy atom. The summed E-state index contributed by atoms with van der Waals surface area (Å²) in [5.41, 5.74) is 0.860. The Hall–Kier alpha value is -2.08. The van der Waals surface area contributed by atoms with Gasteiger partial charge in [-0.2, -0.15) is 0 Å². The van der Waals surface area contributed by atoms with Crippen LogP contribution in [0.2, 0.25) is 0 Å². The average molecular weight is 293 g/mol. The van der Waals surface area contributed by atoms with E-state index in [0.717, 1.165) is 5.56 Å². The number of amides is 2. The average Bonchev–Trinajstić information content (AvgIpc) is 2.83. The van der Waals surface area contributed by atoms with Gasteiger partial charge in [-0.3, -0.25) is 14.5 Å². The second kappa shape index (κ2) is 6.58. The van der Waals surface area contributed by atoms with Gasteiger partial charge in [0, 0.05) is 12.8 Å². The standard InChI is InChI=1S/C15H19NO5/c1-20-12-4-3-10(8-13(12)21-2)7-11(9-17)16-14(18)5-6-15(16)19/h3-4,8,11,17H,5-7,9H2,1-2H3/t11-/m0/s1. The molecule has 0 unspecified atom stereocenters. The highest BCUT2D eigenvalue weighted by atomic mass is 16.5. The predicted molar refractivity (Wildman–Crippen MR) is 75.2 cm³/mol. The number of imide groups is 1. The van der Waals surface area contributed by atoms with Crippen molar-refractivity contribution < 1.29 is 24.2 Å². The van der Waals surface area contributed by atoms with Crippen LogP contribution in [0.5, 0.6) is 11.5 Å². The normalized spacial score (nSPS) is 16.2. The van der Waals surface area contributed by atoms with Crippen LogP contribution in [0.25, 0.3) is 0 Å². The molecule has 0 radical (unpaired) electrons. The minimum absolute atomic E-state index is 0.223. The van der Waals surface area contributed by atoms with Crippen LogP contribution in [0.15, 0.2) is 18.2 Å². The van der Waals surface area contributed by atoms with E-state index in [9.17, 15) is 14.7 Å². The van der Waals surface area contributed by atoms with Crippen LogP contribution < -0.4 is 9.47 Å². The lowest BCUT2D eigenvalue weighted by Gasteiger charge is -2.24. The van der Waals surface area contributed by atoms with Crippen molar-refractivity contribution >= 4 is 11.8 Å². The van der Waals surface area contributed by atoms with Gasteiger partial charge in [-0.25, -0.2) is 0 Å². The largest absolute Gasteiger partial charge is 0.493 e. The maximum atomic E-state index is 11.7. The van der Waals surface area contributed by atoms with E-state index < -0.39 is 6.04 Å². The zero-order valence-corrected chi connectivity index (χ0v) is 12.2. The first-order chi connectivity index (χ1) is 10.1. The van der Waals surface area contributed by atoms with Crippen molar-refractivity contribution in [2.24, 2.45) is 0 Å². The van der Waals surface area contributed by atoms with Crippen LogP contribution in [0.4, 0.5) is 0 Å². The molecule has 1 N–H and O–H groups in total. The number of benzene rings is 1. The lowest BCUT2D eigenvalue weighted by molar-refractivity contribution is -0.142. The van der Waals surface area contributed by atoms with E-state index in [-0.39, 0.29) is 31.3 Å². The molecule has 1 saturated heterocycles. The van der Waals surface area contributed by atoms with Gasteiger partial charge in [-0.15, -0.1) is 0 Å². The van der Waals surface area contributed by atoms with Crippen molar-refractivity contribution in [1.29, 1.82) is 0 Å². The summed E-state index contributed by atoms with van der Waals surface area (Å²) in [4.78, 5) is 24.7. The molecule has 1 atom stereocenters. The first-order valence-corrected chi connectivity index (χ1v) is 6.77. The number of hydrogen-bond acceptors (Lipinski definition) is 5. The molecule has 1 heterocycles. The van der Waals surface area contributed by atoms with Crippen LogP contribution >= 0.6 is 0 Å². The van der Waals surface area contributed by atoms with Crippen molar-refractivity contribution in [3.63, 3.8) is 0 Å². The molecular weight excluding hydrogens is 274 g/mol. The van der Waals surface area contributed by atoms with Crippen molar-refractivity contribution in [2.45, 2.75) is 25.3 Å². The Morgan fingerprint density at radius 1 is 1.14 bits per heavy atom.